The van der Waals surface area contributed by atoms with Crippen LogP contribution in [0.15, 0.2) is 30.3 Å². The van der Waals surface area contributed by atoms with Crippen LogP contribution in [0.25, 0.3) is 0 Å². The third-order valence-corrected chi connectivity index (χ3v) is 7.46. The maximum absolute atomic E-state index is 13.2. The van der Waals surface area contributed by atoms with Crippen molar-refractivity contribution < 1.29 is 9.59 Å². The van der Waals surface area contributed by atoms with Crippen LogP contribution in [0.5, 0.6) is 0 Å². The van der Waals surface area contributed by atoms with Crippen molar-refractivity contribution in [2.24, 2.45) is 29.4 Å². The van der Waals surface area contributed by atoms with Crippen LogP contribution < -0.4 is 11.1 Å². The Hall–Kier alpha value is -1.33. The first-order chi connectivity index (χ1) is 14.8. The number of hydrogen-bond acceptors (Lipinski definition) is 4. The zero-order valence-electron chi connectivity index (χ0n) is 19.8. The SMILES string of the molecule is CSCC[C@H](N)C(=O)N[C@H](CCC(=O)[C@@H]1C[C@H](C)CC[C@H]1C(C)C)Cc1ccccc1. The standard InChI is InChI=1S/C26H42N2O2S/c1-18(2)22-12-10-19(3)16-23(22)25(29)13-11-21(17-20-8-6-5-7-9-20)28-26(30)24(27)14-15-31-4/h5-9,18-19,21-24H,10-17,27H2,1-4H3,(H,28,30)/t19-,21-,22+,23-,24+/m1/s1. The first-order valence-electron chi connectivity index (χ1n) is 11.9. The molecule has 5 heteroatoms. The minimum atomic E-state index is -0.494. The summed E-state index contributed by atoms with van der Waals surface area (Å²) in [4.78, 5) is 25.9. The zero-order valence-corrected chi connectivity index (χ0v) is 20.6. The number of benzene rings is 1. The van der Waals surface area contributed by atoms with Crippen molar-refractivity contribution in [1.82, 2.24) is 5.32 Å². The Morgan fingerprint density at radius 2 is 1.87 bits per heavy atom. The number of nitrogens with two attached hydrogens (primary N) is 1. The van der Waals surface area contributed by atoms with Crippen molar-refractivity contribution in [3.63, 3.8) is 0 Å². The topological polar surface area (TPSA) is 72.2 Å². The molecule has 31 heavy (non-hydrogen) atoms. The predicted octanol–water partition coefficient (Wildman–Crippen LogP) is 4.85. The van der Waals surface area contributed by atoms with E-state index in [1.54, 1.807) is 11.8 Å². The second-order valence-electron chi connectivity index (χ2n) is 9.72. The van der Waals surface area contributed by atoms with Gasteiger partial charge in [-0.15, -0.1) is 0 Å². The highest BCUT2D eigenvalue weighted by Gasteiger charge is 2.35. The van der Waals surface area contributed by atoms with E-state index in [0.29, 0.717) is 42.8 Å². The van der Waals surface area contributed by atoms with Gasteiger partial charge in [-0.2, -0.15) is 11.8 Å². The summed E-state index contributed by atoms with van der Waals surface area (Å²) >= 11 is 1.70. The Morgan fingerprint density at radius 3 is 2.52 bits per heavy atom. The van der Waals surface area contributed by atoms with Gasteiger partial charge >= 0.3 is 0 Å². The number of carbonyl (C=O) groups is 2. The van der Waals surface area contributed by atoms with E-state index < -0.39 is 6.04 Å². The molecule has 1 aliphatic carbocycles. The number of nitrogens with one attached hydrogen (secondary N) is 1. The molecular formula is C26H42N2O2S. The van der Waals surface area contributed by atoms with Crippen LogP contribution in [0.1, 0.15) is 64.9 Å². The Morgan fingerprint density at radius 1 is 1.16 bits per heavy atom. The normalized spacial score (nSPS) is 23.4. The summed E-state index contributed by atoms with van der Waals surface area (Å²) in [6.07, 6.45) is 8.01. The molecular weight excluding hydrogens is 404 g/mol. The van der Waals surface area contributed by atoms with E-state index in [1.807, 2.05) is 24.5 Å². The van der Waals surface area contributed by atoms with E-state index in [2.05, 4.69) is 38.2 Å². The molecule has 1 saturated carbocycles. The number of hydrogen-bond donors (Lipinski definition) is 2. The molecule has 5 atom stereocenters. The van der Waals surface area contributed by atoms with Crippen LogP contribution in [0, 0.1) is 23.7 Å². The number of thioether (sulfide) groups is 1. The van der Waals surface area contributed by atoms with E-state index in [9.17, 15) is 9.59 Å². The average Bonchev–Trinajstić information content (AvgIpc) is 2.75. The van der Waals surface area contributed by atoms with Crippen LogP contribution in [0.3, 0.4) is 0 Å². The summed E-state index contributed by atoms with van der Waals surface area (Å²) in [7, 11) is 0. The summed E-state index contributed by atoms with van der Waals surface area (Å²) in [5.74, 6) is 2.96. The van der Waals surface area contributed by atoms with Gasteiger partial charge < -0.3 is 11.1 Å². The molecule has 2 rings (SSSR count). The third kappa shape index (κ3) is 8.61. The lowest BCUT2D eigenvalue weighted by molar-refractivity contribution is -0.128. The third-order valence-electron chi connectivity index (χ3n) is 6.82. The highest BCUT2D eigenvalue weighted by Crippen LogP contribution is 2.39. The molecule has 3 N–H and O–H groups in total. The molecule has 174 valence electrons. The molecule has 0 bridgehead atoms. The largest absolute Gasteiger partial charge is 0.352 e. The van der Waals surface area contributed by atoms with E-state index in [-0.39, 0.29) is 17.9 Å². The molecule has 0 aliphatic heterocycles. The van der Waals surface area contributed by atoms with Crippen LogP contribution in [-0.2, 0) is 16.0 Å². The monoisotopic (exact) mass is 446 g/mol. The summed E-state index contributed by atoms with van der Waals surface area (Å²) < 4.78 is 0. The lowest BCUT2D eigenvalue weighted by Gasteiger charge is -2.36. The van der Waals surface area contributed by atoms with Crippen LogP contribution in [0.4, 0.5) is 0 Å². The second kappa shape index (κ2) is 13.3. The van der Waals surface area contributed by atoms with Gasteiger partial charge in [0.1, 0.15) is 5.78 Å². The summed E-state index contributed by atoms with van der Waals surface area (Å²) in [6.45, 7) is 6.76. The minimum absolute atomic E-state index is 0.0716. The smallest absolute Gasteiger partial charge is 0.237 e. The van der Waals surface area contributed by atoms with Crippen molar-refractivity contribution in [3.8, 4) is 0 Å². The van der Waals surface area contributed by atoms with Crippen molar-refractivity contribution in [2.75, 3.05) is 12.0 Å². The Kier molecular flexibility index (Phi) is 11.1. The number of rotatable bonds is 12. The maximum Gasteiger partial charge on any atom is 0.237 e. The van der Waals surface area contributed by atoms with E-state index >= 15 is 0 Å². The molecule has 1 fully saturated rings. The zero-order chi connectivity index (χ0) is 22.8. The van der Waals surface area contributed by atoms with Gasteiger partial charge in [-0.05, 0) is 67.4 Å². The van der Waals surface area contributed by atoms with Gasteiger partial charge in [0.2, 0.25) is 5.91 Å². The lowest BCUT2D eigenvalue weighted by Crippen LogP contribution is -2.46. The minimum Gasteiger partial charge on any atom is -0.352 e. The Labute approximate surface area is 193 Å². The molecule has 0 spiro atoms. The molecule has 0 radical (unpaired) electrons. The number of Topliss-reactive ketones (excluding diaryl/α,β-unsaturated/α-hetero) is 1. The summed E-state index contributed by atoms with van der Waals surface area (Å²) in [5, 5.41) is 3.15. The first kappa shape index (κ1) is 25.9. The van der Waals surface area contributed by atoms with E-state index in [4.69, 9.17) is 5.73 Å². The van der Waals surface area contributed by atoms with Gasteiger partial charge in [0.05, 0.1) is 6.04 Å². The fourth-order valence-electron chi connectivity index (χ4n) is 4.88. The molecule has 1 aromatic carbocycles. The highest BCUT2D eigenvalue weighted by atomic mass is 32.2. The number of carbonyl (C=O) groups excluding carboxylic acids is 2. The Balaban J connectivity index is 2.02. The summed E-state index contributed by atoms with van der Waals surface area (Å²) in [5.41, 5.74) is 7.26. The number of ketones is 1. The summed E-state index contributed by atoms with van der Waals surface area (Å²) in [6, 6.07) is 9.61. The van der Waals surface area contributed by atoms with Crippen molar-refractivity contribution >= 4 is 23.5 Å². The van der Waals surface area contributed by atoms with Crippen molar-refractivity contribution in [3.05, 3.63) is 35.9 Å². The van der Waals surface area contributed by atoms with Crippen LogP contribution in [0.2, 0.25) is 0 Å². The van der Waals surface area contributed by atoms with Gasteiger partial charge in [-0.1, -0.05) is 57.5 Å². The molecule has 0 saturated heterocycles. The molecule has 1 aliphatic rings. The van der Waals surface area contributed by atoms with Gasteiger partial charge in [-0.3, -0.25) is 9.59 Å². The van der Waals surface area contributed by atoms with Crippen LogP contribution in [-0.4, -0.2) is 35.8 Å². The second-order valence-corrected chi connectivity index (χ2v) is 10.7. The molecule has 0 aromatic heterocycles. The van der Waals surface area contributed by atoms with Crippen LogP contribution >= 0.6 is 11.8 Å². The quantitative estimate of drug-likeness (QED) is 0.481. The predicted molar refractivity (Wildman–Crippen MR) is 132 cm³/mol. The molecule has 1 amide bonds. The van der Waals surface area contributed by atoms with E-state index in [0.717, 1.165) is 25.0 Å². The van der Waals surface area contributed by atoms with Crippen molar-refractivity contribution in [2.45, 2.75) is 77.8 Å². The molecule has 0 unspecified atom stereocenters. The Bertz CT molecular complexity index is 679. The molecule has 4 nitrogen and oxygen atoms in total. The lowest BCUT2D eigenvalue weighted by atomic mass is 9.68. The molecule has 0 heterocycles. The van der Waals surface area contributed by atoms with E-state index in [1.165, 1.54) is 12.0 Å². The highest BCUT2D eigenvalue weighted by molar-refractivity contribution is 7.98. The average molecular weight is 447 g/mol. The van der Waals surface area contributed by atoms with Crippen molar-refractivity contribution in [1.29, 1.82) is 0 Å². The first-order valence-corrected chi connectivity index (χ1v) is 13.3. The van der Waals surface area contributed by atoms with Gasteiger partial charge in [0, 0.05) is 18.4 Å². The fraction of sp³-hybridized carbons (Fsp3) is 0.692. The van der Waals surface area contributed by atoms with Gasteiger partial charge in [-0.25, -0.2) is 0 Å². The van der Waals surface area contributed by atoms with Gasteiger partial charge in [0.15, 0.2) is 0 Å². The van der Waals surface area contributed by atoms with Gasteiger partial charge in [0.25, 0.3) is 0 Å². The fourth-order valence-corrected chi connectivity index (χ4v) is 5.37. The maximum atomic E-state index is 13.2. The number of amides is 1. The molecule has 1 aromatic rings.